The van der Waals surface area contributed by atoms with Crippen LogP contribution in [0.3, 0.4) is 0 Å². The van der Waals surface area contributed by atoms with Gasteiger partial charge in [0.2, 0.25) is 5.95 Å². The Kier molecular flexibility index (Phi) is 3.63. The predicted molar refractivity (Wildman–Crippen MR) is 66.7 cm³/mol. The molecule has 100 valence electrons. The van der Waals surface area contributed by atoms with Crippen LogP contribution in [0.2, 0.25) is 0 Å². The first-order chi connectivity index (χ1) is 8.58. The predicted octanol–water partition coefficient (Wildman–Crippen LogP) is 0.907. The molecule has 0 radical (unpaired) electrons. The van der Waals surface area contributed by atoms with Crippen LogP contribution in [0.5, 0.6) is 0 Å². The van der Waals surface area contributed by atoms with Gasteiger partial charge in [0.1, 0.15) is 0 Å². The van der Waals surface area contributed by atoms with Crippen LogP contribution in [0.25, 0.3) is 0 Å². The van der Waals surface area contributed by atoms with E-state index >= 15 is 0 Å². The summed E-state index contributed by atoms with van der Waals surface area (Å²) < 4.78 is 19.2. The zero-order valence-corrected chi connectivity index (χ0v) is 10.6. The normalized spacial score (nSPS) is 24.1. The molecule has 1 aromatic heterocycles. The number of piperidine rings is 1. The third-order valence-corrected chi connectivity index (χ3v) is 3.31. The molecular weight excluding hydrogens is 237 g/mol. The average molecular weight is 255 g/mol. The van der Waals surface area contributed by atoms with Gasteiger partial charge in [0, 0.05) is 20.2 Å². The number of halogens is 1. The van der Waals surface area contributed by atoms with Crippen LogP contribution in [0, 0.1) is 5.82 Å². The van der Waals surface area contributed by atoms with Crippen molar-refractivity contribution in [1.29, 1.82) is 0 Å². The SMILES string of the molecule is COC1(C)CCCN(c2nc(NN)ncc2F)C1. The number of hydrogen-bond donors (Lipinski definition) is 2. The summed E-state index contributed by atoms with van der Waals surface area (Å²) >= 11 is 0. The van der Waals surface area contributed by atoms with Gasteiger partial charge < -0.3 is 9.64 Å². The van der Waals surface area contributed by atoms with Crippen molar-refractivity contribution in [2.24, 2.45) is 5.84 Å². The van der Waals surface area contributed by atoms with Crippen LogP contribution in [0.15, 0.2) is 6.20 Å². The van der Waals surface area contributed by atoms with Crippen LogP contribution in [-0.2, 0) is 4.74 Å². The molecule has 1 unspecified atom stereocenters. The molecule has 6 nitrogen and oxygen atoms in total. The molecule has 0 amide bonds. The Hall–Kier alpha value is -1.47. The Balaban J connectivity index is 2.25. The third-order valence-electron chi connectivity index (χ3n) is 3.31. The van der Waals surface area contributed by atoms with E-state index in [1.54, 1.807) is 7.11 Å². The number of hydrazine groups is 1. The lowest BCUT2D eigenvalue weighted by Gasteiger charge is -2.40. The lowest BCUT2D eigenvalue weighted by atomic mass is 9.95. The van der Waals surface area contributed by atoms with Gasteiger partial charge >= 0.3 is 0 Å². The molecule has 0 bridgehead atoms. The molecule has 7 heteroatoms. The fraction of sp³-hybridized carbons (Fsp3) is 0.636. The quantitative estimate of drug-likeness (QED) is 0.617. The van der Waals surface area contributed by atoms with E-state index in [4.69, 9.17) is 10.6 Å². The van der Waals surface area contributed by atoms with E-state index in [-0.39, 0.29) is 17.4 Å². The zero-order chi connectivity index (χ0) is 13.2. The molecule has 0 aliphatic carbocycles. The number of nitrogens with one attached hydrogen (secondary N) is 1. The number of ether oxygens (including phenoxy) is 1. The van der Waals surface area contributed by atoms with Crippen molar-refractivity contribution in [3.05, 3.63) is 12.0 Å². The molecule has 1 aliphatic rings. The van der Waals surface area contributed by atoms with Gasteiger partial charge in [0.15, 0.2) is 11.6 Å². The minimum absolute atomic E-state index is 0.205. The summed E-state index contributed by atoms with van der Waals surface area (Å²) in [5.74, 6) is 5.26. The van der Waals surface area contributed by atoms with Crippen molar-refractivity contribution < 1.29 is 9.13 Å². The van der Waals surface area contributed by atoms with Crippen LogP contribution in [0.4, 0.5) is 16.2 Å². The first-order valence-corrected chi connectivity index (χ1v) is 5.87. The van der Waals surface area contributed by atoms with E-state index in [9.17, 15) is 4.39 Å². The highest BCUT2D eigenvalue weighted by molar-refractivity contribution is 5.44. The van der Waals surface area contributed by atoms with Crippen LogP contribution >= 0.6 is 0 Å². The molecule has 1 atom stereocenters. The van der Waals surface area contributed by atoms with Crippen molar-refractivity contribution in [2.75, 3.05) is 30.5 Å². The molecular formula is C11H18FN5O. The van der Waals surface area contributed by atoms with E-state index in [2.05, 4.69) is 15.4 Å². The van der Waals surface area contributed by atoms with Gasteiger partial charge in [0.05, 0.1) is 11.8 Å². The van der Waals surface area contributed by atoms with Gasteiger partial charge in [-0.25, -0.2) is 15.2 Å². The Morgan fingerprint density at radius 3 is 3.06 bits per heavy atom. The molecule has 0 aromatic carbocycles. The maximum absolute atomic E-state index is 13.8. The summed E-state index contributed by atoms with van der Waals surface area (Å²) in [5, 5.41) is 0. The number of aromatic nitrogens is 2. The van der Waals surface area contributed by atoms with E-state index in [0.717, 1.165) is 25.6 Å². The van der Waals surface area contributed by atoms with E-state index in [1.165, 1.54) is 0 Å². The van der Waals surface area contributed by atoms with Crippen molar-refractivity contribution in [1.82, 2.24) is 9.97 Å². The molecule has 0 saturated carbocycles. The Morgan fingerprint density at radius 1 is 1.61 bits per heavy atom. The van der Waals surface area contributed by atoms with Gasteiger partial charge in [0.25, 0.3) is 0 Å². The standard InChI is InChI=1S/C11H18FN5O/c1-11(18-2)4-3-5-17(7-11)9-8(12)6-14-10(15-9)16-13/h6H,3-5,7,13H2,1-2H3,(H,14,15,16). The van der Waals surface area contributed by atoms with Crippen LogP contribution in [0.1, 0.15) is 19.8 Å². The highest BCUT2D eigenvalue weighted by Crippen LogP contribution is 2.28. The van der Waals surface area contributed by atoms with E-state index in [0.29, 0.717) is 6.54 Å². The minimum Gasteiger partial charge on any atom is -0.377 e. The number of nitrogens with two attached hydrogens (primary N) is 1. The number of nitrogens with zero attached hydrogens (tertiary/aromatic N) is 3. The number of nitrogen functional groups attached to an aromatic ring is 1. The fourth-order valence-electron chi connectivity index (χ4n) is 2.20. The second-order valence-electron chi connectivity index (χ2n) is 4.69. The van der Waals surface area contributed by atoms with Crippen molar-refractivity contribution in [3.8, 4) is 0 Å². The van der Waals surface area contributed by atoms with Gasteiger partial charge in [-0.15, -0.1) is 0 Å². The summed E-state index contributed by atoms with van der Waals surface area (Å²) in [6.07, 6.45) is 3.00. The summed E-state index contributed by atoms with van der Waals surface area (Å²) in [6, 6.07) is 0. The zero-order valence-electron chi connectivity index (χ0n) is 10.6. The number of methoxy groups -OCH3 is 1. The highest BCUT2D eigenvalue weighted by Gasteiger charge is 2.32. The van der Waals surface area contributed by atoms with Gasteiger partial charge in [-0.05, 0) is 19.8 Å². The number of hydrogen-bond acceptors (Lipinski definition) is 6. The topological polar surface area (TPSA) is 76.3 Å². The van der Waals surface area contributed by atoms with Crippen LogP contribution < -0.4 is 16.2 Å². The molecule has 1 fully saturated rings. The summed E-state index contributed by atoms with van der Waals surface area (Å²) in [7, 11) is 1.67. The summed E-state index contributed by atoms with van der Waals surface area (Å²) in [6.45, 7) is 3.36. The largest absolute Gasteiger partial charge is 0.377 e. The van der Waals surface area contributed by atoms with E-state index in [1.807, 2.05) is 11.8 Å². The molecule has 1 aromatic rings. The smallest absolute Gasteiger partial charge is 0.239 e. The molecule has 1 saturated heterocycles. The lowest BCUT2D eigenvalue weighted by Crippen LogP contribution is -2.48. The lowest BCUT2D eigenvalue weighted by molar-refractivity contribution is -0.00494. The van der Waals surface area contributed by atoms with Gasteiger partial charge in [-0.1, -0.05) is 0 Å². The molecule has 2 rings (SSSR count). The maximum Gasteiger partial charge on any atom is 0.239 e. The summed E-state index contributed by atoms with van der Waals surface area (Å²) in [5.41, 5.74) is 2.05. The Bertz CT molecular complexity index is 430. The monoisotopic (exact) mass is 255 g/mol. The van der Waals surface area contributed by atoms with Crippen LogP contribution in [-0.4, -0.2) is 35.8 Å². The third kappa shape index (κ3) is 2.51. The number of rotatable bonds is 3. The first kappa shape index (κ1) is 13.0. The van der Waals surface area contributed by atoms with Crippen molar-refractivity contribution in [2.45, 2.75) is 25.4 Å². The Labute approximate surface area is 105 Å². The Morgan fingerprint density at radius 2 is 2.39 bits per heavy atom. The fourth-order valence-corrected chi connectivity index (χ4v) is 2.20. The first-order valence-electron chi connectivity index (χ1n) is 5.87. The second-order valence-corrected chi connectivity index (χ2v) is 4.69. The molecule has 0 spiro atoms. The van der Waals surface area contributed by atoms with E-state index < -0.39 is 5.82 Å². The van der Waals surface area contributed by atoms with Gasteiger partial charge in [-0.2, -0.15) is 4.98 Å². The molecule has 2 heterocycles. The van der Waals surface area contributed by atoms with Crippen molar-refractivity contribution >= 4 is 11.8 Å². The summed E-state index contributed by atoms with van der Waals surface area (Å²) in [4.78, 5) is 9.66. The van der Waals surface area contributed by atoms with Gasteiger partial charge in [-0.3, -0.25) is 5.43 Å². The molecule has 18 heavy (non-hydrogen) atoms. The minimum atomic E-state index is -0.450. The van der Waals surface area contributed by atoms with Crippen molar-refractivity contribution in [3.63, 3.8) is 0 Å². The molecule has 1 aliphatic heterocycles. The average Bonchev–Trinajstić information content (AvgIpc) is 2.39. The molecule has 3 N–H and O–H groups in total. The number of anilines is 2. The maximum atomic E-state index is 13.8. The second kappa shape index (κ2) is 5.03. The highest BCUT2D eigenvalue weighted by atomic mass is 19.1.